The van der Waals surface area contributed by atoms with Gasteiger partial charge in [-0.15, -0.1) is 11.3 Å². The summed E-state index contributed by atoms with van der Waals surface area (Å²) < 4.78 is 0. The molecule has 0 aliphatic carbocycles. The van der Waals surface area contributed by atoms with Gasteiger partial charge in [0.25, 0.3) is 0 Å². The van der Waals surface area contributed by atoms with Crippen molar-refractivity contribution in [3.05, 3.63) is 41.8 Å². The molecule has 2 aromatic heterocycles. The zero-order valence-corrected chi connectivity index (χ0v) is 14.0. The minimum Gasteiger partial charge on any atom is -0.369 e. The number of fused-ring (bicyclic) bond motifs is 1. The van der Waals surface area contributed by atoms with Crippen molar-refractivity contribution in [3.8, 4) is 10.7 Å². The number of amides is 1. The number of aromatic nitrogens is 2. The first-order valence-electron chi connectivity index (χ1n) is 8.07. The van der Waals surface area contributed by atoms with Crippen molar-refractivity contribution < 1.29 is 4.79 Å². The highest BCUT2D eigenvalue weighted by Crippen LogP contribution is 2.31. The molecule has 1 fully saturated rings. The van der Waals surface area contributed by atoms with Gasteiger partial charge in [-0.2, -0.15) is 0 Å². The van der Waals surface area contributed by atoms with Gasteiger partial charge in [-0.25, -0.2) is 9.97 Å². The number of nitrogens with zero attached hydrogens (tertiary/aromatic N) is 3. The number of nitrogens with two attached hydrogens (primary N) is 1. The molecule has 1 aromatic carbocycles. The molecule has 2 N–H and O–H groups in total. The zero-order chi connectivity index (χ0) is 16.5. The minimum absolute atomic E-state index is 0.113. The monoisotopic (exact) mass is 338 g/mol. The number of thiophene rings is 1. The van der Waals surface area contributed by atoms with Crippen LogP contribution in [-0.2, 0) is 4.79 Å². The number of benzene rings is 1. The first kappa shape index (κ1) is 15.1. The van der Waals surface area contributed by atoms with E-state index < -0.39 is 0 Å². The summed E-state index contributed by atoms with van der Waals surface area (Å²) in [4.78, 5) is 24.4. The van der Waals surface area contributed by atoms with Crippen LogP contribution in [0.3, 0.4) is 0 Å². The molecule has 3 heterocycles. The second-order valence-electron chi connectivity index (χ2n) is 6.05. The second-order valence-corrected chi connectivity index (χ2v) is 7.00. The fourth-order valence-electron chi connectivity index (χ4n) is 3.22. The molecule has 3 aromatic rings. The molecule has 6 heteroatoms. The third-order valence-corrected chi connectivity index (χ3v) is 5.31. The lowest BCUT2D eigenvalue weighted by atomic mass is 9.97. The van der Waals surface area contributed by atoms with E-state index >= 15 is 0 Å². The van der Waals surface area contributed by atoms with Gasteiger partial charge in [-0.3, -0.25) is 4.79 Å². The van der Waals surface area contributed by atoms with E-state index in [1.54, 1.807) is 11.3 Å². The normalized spacial score (nSPS) is 18.0. The van der Waals surface area contributed by atoms with Crippen LogP contribution in [0.2, 0.25) is 0 Å². The van der Waals surface area contributed by atoms with E-state index in [-0.39, 0.29) is 11.8 Å². The molecule has 0 radical (unpaired) electrons. The molecule has 1 amide bonds. The Bertz CT molecular complexity index is 878. The molecule has 0 saturated carbocycles. The quantitative estimate of drug-likeness (QED) is 0.797. The summed E-state index contributed by atoms with van der Waals surface area (Å²) in [5, 5.41) is 3.04. The highest BCUT2D eigenvalue weighted by Gasteiger charge is 2.26. The van der Waals surface area contributed by atoms with Crippen molar-refractivity contribution in [1.29, 1.82) is 0 Å². The van der Waals surface area contributed by atoms with Crippen LogP contribution >= 0.6 is 11.3 Å². The maximum absolute atomic E-state index is 11.6. The van der Waals surface area contributed by atoms with E-state index in [0.717, 1.165) is 46.8 Å². The van der Waals surface area contributed by atoms with Crippen LogP contribution in [0.25, 0.3) is 21.6 Å². The molecule has 0 spiro atoms. The van der Waals surface area contributed by atoms with E-state index in [9.17, 15) is 4.79 Å². The fourth-order valence-corrected chi connectivity index (χ4v) is 3.88. The molecule has 5 nitrogen and oxygen atoms in total. The van der Waals surface area contributed by atoms with E-state index in [1.165, 1.54) is 0 Å². The maximum atomic E-state index is 11.6. The molecule has 1 atom stereocenters. The third kappa shape index (κ3) is 2.73. The number of carbonyl (C=O) groups is 1. The summed E-state index contributed by atoms with van der Waals surface area (Å²) in [6.45, 7) is 1.51. The topological polar surface area (TPSA) is 72.1 Å². The average Bonchev–Trinajstić information content (AvgIpc) is 3.15. The fraction of sp³-hybridized carbons (Fsp3) is 0.278. The van der Waals surface area contributed by atoms with Crippen LogP contribution in [0.15, 0.2) is 41.8 Å². The summed E-state index contributed by atoms with van der Waals surface area (Å²) in [5.74, 6) is 1.30. The van der Waals surface area contributed by atoms with Crippen molar-refractivity contribution in [3.63, 3.8) is 0 Å². The van der Waals surface area contributed by atoms with Gasteiger partial charge in [0.1, 0.15) is 5.82 Å². The van der Waals surface area contributed by atoms with Gasteiger partial charge in [0.2, 0.25) is 5.91 Å². The predicted octanol–water partition coefficient (Wildman–Crippen LogP) is 3.06. The Labute approximate surface area is 144 Å². The lowest BCUT2D eigenvalue weighted by Gasteiger charge is -2.32. The maximum Gasteiger partial charge on any atom is 0.222 e. The molecule has 1 saturated heterocycles. The summed E-state index contributed by atoms with van der Waals surface area (Å²) in [6.07, 6.45) is 1.80. The van der Waals surface area contributed by atoms with Gasteiger partial charge in [-0.05, 0) is 36.4 Å². The van der Waals surface area contributed by atoms with Crippen molar-refractivity contribution in [2.24, 2.45) is 11.7 Å². The molecule has 1 aliphatic heterocycles. The van der Waals surface area contributed by atoms with Gasteiger partial charge in [0.15, 0.2) is 5.82 Å². The standard InChI is InChI=1S/C18H18N4OS/c19-16(23)12-5-3-9-22(11-12)18-13-6-1-2-7-14(13)20-17(21-18)15-8-4-10-24-15/h1-2,4,6-8,10,12H,3,5,9,11H2,(H2,19,23)/t12-/m1/s1. The molecule has 122 valence electrons. The average molecular weight is 338 g/mol. The van der Waals surface area contributed by atoms with Crippen LogP contribution < -0.4 is 10.6 Å². The molecule has 1 aliphatic rings. The van der Waals surface area contributed by atoms with Gasteiger partial charge in [0.05, 0.1) is 16.3 Å². The van der Waals surface area contributed by atoms with E-state index in [2.05, 4.69) is 4.90 Å². The van der Waals surface area contributed by atoms with Crippen molar-refractivity contribution in [1.82, 2.24) is 9.97 Å². The minimum atomic E-state index is -0.225. The van der Waals surface area contributed by atoms with Crippen molar-refractivity contribution in [2.45, 2.75) is 12.8 Å². The first-order chi connectivity index (χ1) is 11.7. The van der Waals surface area contributed by atoms with Gasteiger partial charge >= 0.3 is 0 Å². The number of piperidine rings is 1. The summed E-state index contributed by atoms with van der Waals surface area (Å²) in [7, 11) is 0. The van der Waals surface area contributed by atoms with Crippen LogP contribution in [0.4, 0.5) is 5.82 Å². The Morgan fingerprint density at radius 1 is 1.21 bits per heavy atom. The van der Waals surface area contributed by atoms with Crippen LogP contribution in [-0.4, -0.2) is 29.0 Å². The number of hydrogen-bond donors (Lipinski definition) is 1. The highest BCUT2D eigenvalue weighted by atomic mass is 32.1. The Hall–Kier alpha value is -2.47. The molecule has 4 rings (SSSR count). The highest BCUT2D eigenvalue weighted by molar-refractivity contribution is 7.13. The number of hydrogen-bond acceptors (Lipinski definition) is 5. The molecule has 0 unspecified atom stereocenters. The Kier molecular flexibility index (Phi) is 3.90. The number of carbonyl (C=O) groups excluding carboxylic acids is 1. The number of para-hydroxylation sites is 1. The largest absolute Gasteiger partial charge is 0.369 e. The number of rotatable bonds is 3. The second kappa shape index (κ2) is 6.20. The lowest BCUT2D eigenvalue weighted by Crippen LogP contribution is -2.41. The smallest absolute Gasteiger partial charge is 0.222 e. The first-order valence-corrected chi connectivity index (χ1v) is 8.95. The van der Waals surface area contributed by atoms with Gasteiger partial charge in [0, 0.05) is 18.5 Å². The summed E-state index contributed by atoms with van der Waals surface area (Å²) >= 11 is 1.63. The molecule has 24 heavy (non-hydrogen) atoms. The Morgan fingerprint density at radius 3 is 2.88 bits per heavy atom. The molecule has 0 bridgehead atoms. The third-order valence-electron chi connectivity index (χ3n) is 4.45. The van der Waals surface area contributed by atoms with Crippen molar-refractivity contribution in [2.75, 3.05) is 18.0 Å². The van der Waals surface area contributed by atoms with Crippen molar-refractivity contribution >= 4 is 34.0 Å². The number of anilines is 1. The van der Waals surface area contributed by atoms with Gasteiger partial charge < -0.3 is 10.6 Å². The van der Waals surface area contributed by atoms with Crippen LogP contribution in [0.1, 0.15) is 12.8 Å². The summed E-state index contributed by atoms with van der Waals surface area (Å²) in [6, 6.07) is 12.1. The number of primary amides is 1. The Balaban J connectivity index is 1.82. The molecular weight excluding hydrogens is 320 g/mol. The summed E-state index contributed by atoms with van der Waals surface area (Å²) in [5.41, 5.74) is 6.45. The zero-order valence-electron chi connectivity index (χ0n) is 13.2. The lowest BCUT2D eigenvalue weighted by molar-refractivity contribution is -0.122. The van der Waals surface area contributed by atoms with Crippen LogP contribution in [0, 0.1) is 5.92 Å². The Morgan fingerprint density at radius 2 is 2.08 bits per heavy atom. The van der Waals surface area contributed by atoms with Gasteiger partial charge in [-0.1, -0.05) is 18.2 Å². The van der Waals surface area contributed by atoms with E-state index in [0.29, 0.717) is 6.54 Å². The van der Waals surface area contributed by atoms with E-state index in [4.69, 9.17) is 15.7 Å². The van der Waals surface area contributed by atoms with Crippen LogP contribution in [0.5, 0.6) is 0 Å². The van der Waals surface area contributed by atoms with E-state index in [1.807, 2.05) is 41.8 Å². The SMILES string of the molecule is NC(=O)[C@@H]1CCCN(c2nc(-c3cccs3)nc3ccccc23)C1. The predicted molar refractivity (Wildman–Crippen MR) is 97.0 cm³/mol. The molecular formula is C18H18N4OS.